The monoisotopic (exact) mass is 411 g/mol. The normalized spacial score (nSPS) is 19.6. The molecule has 7 nitrogen and oxygen atoms in total. The van der Waals surface area contributed by atoms with Gasteiger partial charge in [0.25, 0.3) is 0 Å². The van der Waals surface area contributed by atoms with E-state index in [-0.39, 0.29) is 17.9 Å². The number of nitrogens with zero attached hydrogens (tertiary/aromatic N) is 3. The van der Waals surface area contributed by atoms with Crippen LogP contribution in [-0.4, -0.2) is 43.1 Å². The zero-order valence-corrected chi connectivity index (χ0v) is 18.6. The Kier molecular flexibility index (Phi) is 7.13. The molecular weight excluding hydrogens is 378 g/mol. The van der Waals surface area contributed by atoms with Crippen LogP contribution in [0.3, 0.4) is 0 Å². The van der Waals surface area contributed by atoms with Crippen LogP contribution in [0, 0.1) is 12.8 Å². The summed E-state index contributed by atoms with van der Waals surface area (Å²) in [7, 11) is 5.60. The van der Waals surface area contributed by atoms with Gasteiger partial charge in [0.1, 0.15) is 11.6 Å². The van der Waals surface area contributed by atoms with Gasteiger partial charge in [0.15, 0.2) is 0 Å². The van der Waals surface area contributed by atoms with Crippen molar-refractivity contribution < 1.29 is 9.53 Å². The molecule has 0 bridgehead atoms. The zero-order chi connectivity index (χ0) is 21.7. The minimum Gasteiger partial charge on any atom is -0.497 e. The molecular formula is C23H33N5O2. The number of aryl methyl sites for hydroxylation is 1. The van der Waals surface area contributed by atoms with Crippen molar-refractivity contribution in [2.75, 3.05) is 31.4 Å². The van der Waals surface area contributed by atoms with E-state index in [4.69, 9.17) is 4.74 Å². The largest absolute Gasteiger partial charge is 0.497 e. The first-order valence-electron chi connectivity index (χ1n) is 10.6. The minimum atomic E-state index is -0.0476. The fraction of sp³-hybridized carbons (Fsp3) is 0.522. The summed E-state index contributed by atoms with van der Waals surface area (Å²) in [5.74, 6) is 2.54. The Morgan fingerprint density at radius 1 is 1.17 bits per heavy atom. The number of rotatable bonds is 7. The Bertz CT molecular complexity index is 862. The molecule has 1 saturated carbocycles. The molecule has 2 N–H and O–H groups in total. The number of anilines is 2. The first-order chi connectivity index (χ1) is 14.4. The number of nitrogens with one attached hydrogen (secondary N) is 2. The third kappa shape index (κ3) is 5.62. The van der Waals surface area contributed by atoms with E-state index in [1.165, 1.54) is 0 Å². The summed E-state index contributed by atoms with van der Waals surface area (Å²) in [6.45, 7) is 3.99. The van der Waals surface area contributed by atoms with E-state index in [9.17, 15) is 4.79 Å². The van der Waals surface area contributed by atoms with E-state index >= 15 is 0 Å². The van der Waals surface area contributed by atoms with E-state index in [1.54, 1.807) is 7.11 Å². The molecule has 0 aliphatic heterocycles. The molecule has 1 fully saturated rings. The molecule has 0 unspecified atom stereocenters. The van der Waals surface area contributed by atoms with Gasteiger partial charge in [-0.05, 0) is 57.2 Å². The van der Waals surface area contributed by atoms with Gasteiger partial charge in [-0.2, -0.15) is 4.98 Å². The number of amides is 1. The molecule has 1 heterocycles. The van der Waals surface area contributed by atoms with E-state index in [1.807, 2.05) is 63.2 Å². The molecule has 1 aliphatic carbocycles. The average molecular weight is 412 g/mol. The molecule has 0 radical (unpaired) electrons. The molecule has 1 aliphatic rings. The Labute approximate surface area is 179 Å². The van der Waals surface area contributed by atoms with Crippen LogP contribution in [0.4, 0.5) is 11.8 Å². The summed E-state index contributed by atoms with van der Waals surface area (Å²) < 4.78 is 5.28. The maximum atomic E-state index is 12.8. The molecule has 1 amide bonds. The van der Waals surface area contributed by atoms with E-state index in [0.717, 1.165) is 48.5 Å². The summed E-state index contributed by atoms with van der Waals surface area (Å²) in [6, 6.07) is 10.0. The van der Waals surface area contributed by atoms with Gasteiger partial charge in [-0.15, -0.1) is 0 Å². The lowest BCUT2D eigenvalue weighted by Gasteiger charge is -2.29. The van der Waals surface area contributed by atoms with Crippen molar-refractivity contribution in [3.8, 4) is 5.75 Å². The van der Waals surface area contributed by atoms with E-state index < -0.39 is 0 Å². The van der Waals surface area contributed by atoms with Gasteiger partial charge in [-0.1, -0.05) is 12.1 Å². The smallest absolute Gasteiger partial charge is 0.225 e. The molecule has 30 heavy (non-hydrogen) atoms. The summed E-state index contributed by atoms with van der Waals surface area (Å²) in [5.41, 5.74) is 1.99. The summed E-state index contributed by atoms with van der Waals surface area (Å²) in [6.07, 6.45) is 3.59. The van der Waals surface area contributed by atoms with Crippen molar-refractivity contribution in [3.63, 3.8) is 0 Å². The standard InChI is InChI=1S/C23H33N5O2/c1-15-13-21(28(3)4)27-23(24-15)26-19-11-9-17(10-12-19)22(29)25-16(2)18-7-6-8-20(14-18)30-5/h6-8,13-14,16-17,19H,9-12H2,1-5H3,(H,25,29)(H,24,26,27)/t16-,17-,19+/m0/s1. The lowest BCUT2D eigenvalue weighted by molar-refractivity contribution is -0.126. The van der Waals surface area contributed by atoms with Crippen LogP contribution in [0.5, 0.6) is 5.75 Å². The van der Waals surface area contributed by atoms with Crippen LogP contribution < -0.4 is 20.3 Å². The van der Waals surface area contributed by atoms with Crippen molar-refractivity contribution in [3.05, 3.63) is 41.6 Å². The fourth-order valence-electron chi connectivity index (χ4n) is 3.85. The number of benzene rings is 1. The SMILES string of the molecule is COc1cccc([C@H](C)NC(=O)[C@H]2CC[C@@H](Nc3nc(C)cc(N(C)C)n3)CC2)c1. The number of ether oxygens (including phenoxy) is 1. The predicted octanol–water partition coefficient (Wildman–Crippen LogP) is 3.71. The van der Waals surface area contributed by atoms with Crippen LogP contribution >= 0.6 is 0 Å². The first-order valence-corrected chi connectivity index (χ1v) is 10.6. The third-order valence-electron chi connectivity index (χ3n) is 5.68. The number of carbonyl (C=O) groups excluding carboxylic acids is 1. The Morgan fingerprint density at radius 3 is 2.57 bits per heavy atom. The summed E-state index contributed by atoms with van der Waals surface area (Å²) in [4.78, 5) is 23.8. The van der Waals surface area contributed by atoms with Crippen molar-refractivity contribution in [1.29, 1.82) is 0 Å². The lowest BCUT2D eigenvalue weighted by Crippen LogP contribution is -2.37. The maximum absolute atomic E-state index is 12.8. The van der Waals surface area contributed by atoms with Gasteiger partial charge in [-0.3, -0.25) is 4.79 Å². The molecule has 1 aromatic heterocycles. The second-order valence-corrected chi connectivity index (χ2v) is 8.29. The van der Waals surface area contributed by atoms with Gasteiger partial charge in [0.2, 0.25) is 11.9 Å². The highest BCUT2D eigenvalue weighted by molar-refractivity contribution is 5.79. The van der Waals surface area contributed by atoms with Crippen molar-refractivity contribution >= 4 is 17.7 Å². The summed E-state index contributed by atoms with van der Waals surface area (Å²) >= 11 is 0. The topological polar surface area (TPSA) is 79.4 Å². The number of methoxy groups -OCH3 is 1. The molecule has 0 spiro atoms. The Morgan fingerprint density at radius 2 is 1.90 bits per heavy atom. The van der Waals surface area contributed by atoms with E-state index in [0.29, 0.717) is 12.0 Å². The van der Waals surface area contributed by atoms with Gasteiger partial charge in [-0.25, -0.2) is 4.98 Å². The van der Waals surface area contributed by atoms with Crippen molar-refractivity contribution in [1.82, 2.24) is 15.3 Å². The number of hydrogen-bond acceptors (Lipinski definition) is 6. The van der Waals surface area contributed by atoms with Gasteiger partial charge < -0.3 is 20.3 Å². The van der Waals surface area contributed by atoms with Crippen LogP contribution in [0.15, 0.2) is 30.3 Å². The Balaban J connectivity index is 1.52. The molecule has 1 aromatic carbocycles. The van der Waals surface area contributed by atoms with Crippen LogP contribution in [0.1, 0.15) is 49.9 Å². The van der Waals surface area contributed by atoms with Gasteiger partial charge >= 0.3 is 0 Å². The highest BCUT2D eigenvalue weighted by Crippen LogP contribution is 2.28. The highest BCUT2D eigenvalue weighted by Gasteiger charge is 2.27. The predicted molar refractivity (Wildman–Crippen MR) is 120 cm³/mol. The average Bonchev–Trinajstić information content (AvgIpc) is 2.73. The number of aromatic nitrogens is 2. The third-order valence-corrected chi connectivity index (χ3v) is 5.68. The second-order valence-electron chi connectivity index (χ2n) is 8.29. The van der Waals surface area contributed by atoms with Crippen LogP contribution in [0.2, 0.25) is 0 Å². The van der Waals surface area contributed by atoms with Crippen LogP contribution in [0.25, 0.3) is 0 Å². The molecule has 162 valence electrons. The zero-order valence-electron chi connectivity index (χ0n) is 18.6. The van der Waals surface area contributed by atoms with Gasteiger partial charge in [0, 0.05) is 37.8 Å². The Hall–Kier alpha value is -2.83. The van der Waals surface area contributed by atoms with Crippen molar-refractivity contribution in [2.24, 2.45) is 5.92 Å². The maximum Gasteiger partial charge on any atom is 0.225 e. The number of carbonyl (C=O) groups is 1. The van der Waals surface area contributed by atoms with Crippen LogP contribution in [-0.2, 0) is 4.79 Å². The molecule has 2 aromatic rings. The molecule has 0 saturated heterocycles. The molecule has 1 atom stereocenters. The quantitative estimate of drug-likeness (QED) is 0.723. The second kappa shape index (κ2) is 9.78. The lowest BCUT2D eigenvalue weighted by atomic mass is 9.85. The molecule has 3 rings (SSSR count). The molecule has 7 heteroatoms. The fourth-order valence-corrected chi connectivity index (χ4v) is 3.85. The minimum absolute atomic E-state index is 0.0476. The van der Waals surface area contributed by atoms with E-state index in [2.05, 4.69) is 20.6 Å². The highest BCUT2D eigenvalue weighted by atomic mass is 16.5. The summed E-state index contributed by atoms with van der Waals surface area (Å²) in [5, 5.41) is 6.63. The van der Waals surface area contributed by atoms with Crippen molar-refractivity contribution in [2.45, 2.75) is 51.6 Å². The van der Waals surface area contributed by atoms with Gasteiger partial charge in [0.05, 0.1) is 13.2 Å². The first kappa shape index (κ1) is 21.9. The number of hydrogen-bond donors (Lipinski definition) is 2.